The van der Waals surface area contributed by atoms with E-state index in [0.29, 0.717) is 31.1 Å². The van der Waals surface area contributed by atoms with Crippen LogP contribution in [-0.2, 0) is 0 Å². The SMILES string of the molecule is CCOc1ncccc1C(=O)N1CCN(c2ccccn2)CC1. The maximum atomic E-state index is 12.7. The standard InChI is InChI=1S/C17H20N4O2/c1-2-23-16-14(6-5-9-19-16)17(22)21-12-10-20(11-13-21)15-7-3-4-8-18-15/h3-9H,2,10-13H2,1H3. The molecule has 2 aromatic heterocycles. The van der Waals surface area contributed by atoms with Crippen LogP contribution in [0.1, 0.15) is 17.3 Å². The number of pyridine rings is 2. The van der Waals surface area contributed by atoms with Crippen LogP contribution in [0.5, 0.6) is 5.88 Å². The molecule has 0 radical (unpaired) electrons. The van der Waals surface area contributed by atoms with Gasteiger partial charge in [0.2, 0.25) is 5.88 Å². The Hall–Kier alpha value is -2.63. The molecule has 23 heavy (non-hydrogen) atoms. The summed E-state index contributed by atoms with van der Waals surface area (Å²) >= 11 is 0. The molecule has 0 bridgehead atoms. The van der Waals surface area contributed by atoms with Gasteiger partial charge < -0.3 is 14.5 Å². The van der Waals surface area contributed by atoms with E-state index in [9.17, 15) is 4.79 Å². The van der Waals surface area contributed by atoms with Crippen LogP contribution in [0.2, 0.25) is 0 Å². The van der Waals surface area contributed by atoms with Crippen molar-refractivity contribution in [3.05, 3.63) is 48.3 Å². The fourth-order valence-corrected chi connectivity index (χ4v) is 2.66. The highest BCUT2D eigenvalue weighted by Gasteiger charge is 2.25. The predicted octanol–water partition coefficient (Wildman–Crippen LogP) is 1.84. The zero-order valence-electron chi connectivity index (χ0n) is 13.2. The molecule has 6 nitrogen and oxygen atoms in total. The van der Waals surface area contributed by atoms with E-state index < -0.39 is 0 Å². The lowest BCUT2D eigenvalue weighted by Crippen LogP contribution is -2.49. The van der Waals surface area contributed by atoms with Crippen LogP contribution < -0.4 is 9.64 Å². The van der Waals surface area contributed by atoms with Crippen LogP contribution in [0.15, 0.2) is 42.7 Å². The van der Waals surface area contributed by atoms with Gasteiger partial charge in [-0.05, 0) is 31.2 Å². The van der Waals surface area contributed by atoms with Gasteiger partial charge in [0.25, 0.3) is 5.91 Å². The zero-order valence-corrected chi connectivity index (χ0v) is 13.2. The Bertz CT molecular complexity index is 655. The van der Waals surface area contributed by atoms with Gasteiger partial charge in [0.1, 0.15) is 11.4 Å². The highest BCUT2D eigenvalue weighted by Crippen LogP contribution is 2.19. The number of amides is 1. The van der Waals surface area contributed by atoms with Gasteiger partial charge in [-0.15, -0.1) is 0 Å². The smallest absolute Gasteiger partial charge is 0.259 e. The molecule has 120 valence electrons. The number of ether oxygens (including phenoxy) is 1. The van der Waals surface area contributed by atoms with Crippen LogP contribution in [-0.4, -0.2) is 53.6 Å². The third-order valence-electron chi connectivity index (χ3n) is 3.82. The molecule has 1 aliphatic heterocycles. The van der Waals surface area contributed by atoms with Gasteiger partial charge in [0.15, 0.2) is 0 Å². The maximum absolute atomic E-state index is 12.7. The lowest BCUT2D eigenvalue weighted by Gasteiger charge is -2.35. The summed E-state index contributed by atoms with van der Waals surface area (Å²) < 4.78 is 5.46. The van der Waals surface area contributed by atoms with Crippen LogP contribution in [0.3, 0.4) is 0 Å². The molecule has 2 aromatic rings. The Balaban J connectivity index is 1.67. The number of hydrogen-bond donors (Lipinski definition) is 0. The number of nitrogens with zero attached hydrogens (tertiary/aromatic N) is 4. The van der Waals surface area contributed by atoms with Gasteiger partial charge in [-0.3, -0.25) is 4.79 Å². The third-order valence-corrected chi connectivity index (χ3v) is 3.82. The van der Waals surface area contributed by atoms with Crippen molar-refractivity contribution in [1.82, 2.24) is 14.9 Å². The fraction of sp³-hybridized carbons (Fsp3) is 0.353. The van der Waals surface area contributed by atoms with E-state index in [-0.39, 0.29) is 5.91 Å². The first-order valence-corrected chi connectivity index (χ1v) is 7.82. The summed E-state index contributed by atoms with van der Waals surface area (Å²) in [6.07, 6.45) is 3.43. The van der Waals surface area contributed by atoms with Crippen molar-refractivity contribution in [2.45, 2.75) is 6.92 Å². The van der Waals surface area contributed by atoms with E-state index in [4.69, 9.17) is 4.74 Å². The number of anilines is 1. The number of aromatic nitrogens is 2. The van der Waals surface area contributed by atoms with Gasteiger partial charge in [-0.1, -0.05) is 6.07 Å². The molecule has 1 aliphatic rings. The number of rotatable bonds is 4. The van der Waals surface area contributed by atoms with Crippen LogP contribution in [0.4, 0.5) is 5.82 Å². The largest absolute Gasteiger partial charge is 0.477 e. The molecule has 6 heteroatoms. The summed E-state index contributed by atoms with van der Waals surface area (Å²) in [5, 5.41) is 0. The van der Waals surface area contributed by atoms with E-state index in [1.54, 1.807) is 24.5 Å². The maximum Gasteiger partial charge on any atom is 0.259 e. The molecule has 0 saturated carbocycles. The summed E-state index contributed by atoms with van der Waals surface area (Å²) in [5.41, 5.74) is 0.528. The average molecular weight is 312 g/mol. The Kier molecular flexibility index (Phi) is 4.71. The first-order valence-electron chi connectivity index (χ1n) is 7.82. The second kappa shape index (κ2) is 7.09. The summed E-state index contributed by atoms with van der Waals surface area (Å²) in [6, 6.07) is 9.40. The van der Waals surface area contributed by atoms with Crippen LogP contribution in [0, 0.1) is 0 Å². The number of hydrogen-bond acceptors (Lipinski definition) is 5. The minimum absolute atomic E-state index is 0.0257. The topological polar surface area (TPSA) is 58.6 Å². The van der Waals surface area contributed by atoms with Gasteiger partial charge in [-0.2, -0.15) is 0 Å². The number of carbonyl (C=O) groups excluding carboxylic acids is 1. The molecule has 3 heterocycles. The van der Waals surface area contributed by atoms with Crippen LogP contribution in [0.25, 0.3) is 0 Å². The Morgan fingerprint density at radius 3 is 2.57 bits per heavy atom. The van der Waals surface area contributed by atoms with Crippen molar-refractivity contribution in [3.63, 3.8) is 0 Å². The Morgan fingerprint density at radius 1 is 1.09 bits per heavy atom. The molecule has 1 amide bonds. The quantitative estimate of drug-likeness (QED) is 0.862. The van der Waals surface area contributed by atoms with Crippen molar-refractivity contribution in [2.75, 3.05) is 37.7 Å². The monoisotopic (exact) mass is 312 g/mol. The number of carbonyl (C=O) groups is 1. The first-order chi connectivity index (χ1) is 11.3. The predicted molar refractivity (Wildman–Crippen MR) is 87.8 cm³/mol. The zero-order chi connectivity index (χ0) is 16.1. The molecule has 1 fully saturated rings. The molecule has 1 saturated heterocycles. The van der Waals surface area contributed by atoms with Crippen molar-refractivity contribution < 1.29 is 9.53 Å². The lowest BCUT2D eigenvalue weighted by atomic mass is 10.2. The minimum Gasteiger partial charge on any atom is -0.477 e. The van der Waals surface area contributed by atoms with Gasteiger partial charge in [0.05, 0.1) is 6.61 Å². The normalized spacial score (nSPS) is 14.7. The first kappa shape index (κ1) is 15.3. The number of piperazine rings is 1. The van der Waals surface area contributed by atoms with Gasteiger partial charge in [-0.25, -0.2) is 9.97 Å². The molecule has 0 aliphatic carbocycles. The van der Waals surface area contributed by atoms with E-state index in [1.165, 1.54) is 0 Å². The second-order valence-electron chi connectivity index (χ2n) is 5.26. The van der Waals surface area contributed by atoms with E-state index in [2.05, 4.69) is 14.9 Å². The fourth-order valence-electron chi connectivity index (χ4n) is 2.66. The molecule has 0 atom stereocenters. The van der Waals surface area contributed by atoms with Crippen molar-refractivity contribution in [1.29, 1.82) is 0 Å². The summed E-state index contributed by atoms with van der Waals surface area (Å²) in [5.74, 6) is 1.34. The van der Waals surface area contributed by atoms with Crippen molar-refractivity contribution in [3.8, 4) is 5.88 Å². The van der Waals surface area contributed by atoms with Crippen molar-refractivity contribution in [2.24, 2.45) is 0 Å². The molecule has 0 aromatic carbocycles. The molecular formula is C17H20N4O2. The summed E-state index contributed by atoms with van der Waals surface area (Å²) in [6.45, 7) is 5.24. The summed E-state index contributed by atoms with van der Waals surface area (Å²) in [7, 11) is 0. The molecule has 0 spiro atoms. The Morgan fingerprint density at radius 2 is 1.87 bits per heavy atom. The summed E-state index contributed by atoms with van der Waals surface area (Å²) in [4.78, 5) is 25.3. The lowest BCUT2D eigenvalue weighted by molar-refractivity contribution is 0.0741. The van der Waals surface area contributed by atoms with Gasteiger partial charge >= 0.3 is 0 Å². The highest BCUT2D eigenvalue weighted by molar-refractivity contribution is 5.96. The third kappa shape index (κ3) is 3.41. The molecular weight excluding hydrogens is 292 g/mol. The average Bonchev–Trinajstić information content (AvgIpc) is 2.63. The minimum atomic E-state index is -0.0257. The second-order valence-corrected chi connectivity index (χ2v) is 5.26. The van der Waals surface area contributed by atoms with Gasteiger partial charge in [0, 0.05) is 38.6 Å². The molecule has 0 unspecified atom stereocenters. The molecule has 0 N–H and O–H groups in total. The van der Waals surface area contributed by atoms with E-state index >= 15 is 0 Å². The molecule has 3 rings (SSSR count). The van der Waals surface area contributed by atoms with E-state index in [1.807, 2.05) is 30.0 Å². The van der Waals surface area contributed by atoms with E-state index in [0.717, 1.165) is 18.9 Å². The van der Waals surface area contributed by atoms with Crippen molar-refractivity contribution >= 4 is 11.7 Å². The van der Waals surface area contributed by atoms with Crippen LogP contribution >= 0.6 is 0 Å². The Labute approximate surface area is 135 Å². The highest BCUT2D eigenvalue weighted by atomic mass is 16.5.